The monoisotopic (exact) mass is 299 g/mol. The summed E-state index contributed by atoms with van der Waals surface area (Å²) in [5.74, 6) is -2.74. The predicted octanol–water partition coefficient (Wildman–Crippen LogP) is 2.29. The zero-order valence-electron chi connectivity index (χ0n) is 11.6. The van der Waals surface area contributed by atoms with Gasteiger partial charge >= 0.3 is 5.97 Å². The van der Waals surface area contributed by atoms with Crippen LogP contribution in [0.2, 0.25) is 0 Å². The third-order valence-corrected chi connectivity index (χ3v) is 5.57. The van der Waals surface area contributed by atoms with E-state index in [0.29, 0.717) is 12.8 Å². The minimum Gasteiger partial charge on any atom is -0.481 e. The number of aliphatic carboxylic acids is 1. The summed E-state index contributed by atoms with van der Waals surface area (Å²) in [7, 11) is -3.59. The second-order valence-electron chi connectivity index (χ2n) is 5.09. The maximum absolute atomic E-state index is 11.8. The molecule has 1 aromatic rings. The Bertz CT molecular complexity index is 475. The number of hydrogen-bond acceptors (Lipinski definition) is 3. The minimum atomic E-state index is -3.59. The number of carboxylic acids is 1. The highest BCUT2D eigenvalue weighted by Crippen LogP contribution is 2.46. The first-order chi connectivity index (χ1) is 9.33. The molecule has 112 valence electrons. The Balaban J connectivity index is 2.52. The summed E-state index contributed by atoms with van der Waals surface area (Å²) < 4.78 is 11.8. The average molecular weight is 299 g/mol. The van der Waals surface area contributed by atoms with Gasteiger partial charge in [-0.05, 0) is 31.7 Å². The van der Waals surface area contributed by atoms with Crippen molar-refractivity contribution in [3.63, 3.8) is 0 Å². The molecule has 0 saturated heterocycles. The molecule has 1 unspecified atom stereocenters. The van der Waals surface area contributed by atoms with Crippen molar-refractivity contribution < 1.29 is 19.4 Å². The largest absolute Gasteiger partial charge is 0.481 e. The molecule has 0 saturated carbocycles. The molecule has 1 rings (SSSR count). The van der Waals surface area contributed by atoms with Gasteiger partial charge in [0, 0.05) is 6.16 Å². The molecule has 0 radical (unpaired) electrons. The Morgan fingerprint density at radius 2 is 1.95 bits per heavy atom. The molecule has 0 fully saturated rings. The molecule has 0 amide bonds. The van der Waals surface area contributed by atoms with Gasteiger partial charge in [0.05, 0.1) is 11.7 Å². The molecule has 1 aromatic carbocycles. The molecule has 6 heteroatoms. The molecule has 0 aliphatic carbocycles. The smallest absolute Gasteiger partial charge is 0.307 e. The van der Waals surface area contributed by atoms with E-state index in [1.54, 1.807) is 0 Å². The number of benzene rings is 1. The summed E-state index contributed by atoms with van der Waals surface area (Å²) in [6.45, 7) is 1.43. The van der Waals surface area contributed by atoms with Gasteiger partial charge in [0.2, 0.25) is 7.37 Å². The first-order valence-corrected chi connectivity index (χ1v) is 8.58. The van der Waals surface area contributed by atoms with E-state index in [-0.39, 0.29) is 6.16 Å². The van der Waals surface area contributed by atoms with E-state index in [1.165, 1.54) is 6.92 Å². The Hall–Kier alpha value is -1.16. The van der Waals surface area contributed by atoms with Crippen molar-refractivity contribution in [1.82, 2.24) is 0 Å². The van der Waals surface area contributed by atoms with E-state index in [4.69, 9.17) is 10.8 Å². The maximum atomic E-state index is 11.8. The molecular weight excluding hydrogens is 277 g/mol. The van der Waals surface area contributed by atoms with Crippen molar-refractivity contribution in [3.8, 4) is 0 Å². The lowest BCUT2D eigenvalue weighted by Crippen LogP contribution is -2.24. The summed E-state index contributed by atoms with van der Waals surface area (Å²) in [6, 6.07) is 9.75. The van der Waals surface area contributed by atoms with Crippen molar-refractivity contribution >= 4 is 13.3 Å². The number of carbonyl (C=O) groups is 1. The van der Waals surface area contributed by atoms with Crippen LogP contribution in [0.4, 0.5) is 0 Å². The quantitative estimate of drug-likeness (QED) is 0.639. The summed E-state index contributed by atoms with van der Waals surface area (Å²) in [5.41, 5.74) is 6.57. The normalized spacial score (nSPS) is 17.1. The van der Waals surface area contributed by atoms with Crippen molar-refractivity contribution in [2.45, 2.75) is 32.0 Å². The molecule has 0 heterocycles. The number of hydrogen-bond donors (Lipinski definition) is 3. The van der Waals surface area contributed by atoms with E-state index >= 15 is 0 Å². The van der Waals surface area contributed by atoms with Gasteiger partial charge in [-0.2, -0.15) is 0 Å². The van der Waals surface area contributed by atoms with Gasteiger partial charge in [-0.3, -0.25) is 9.36 Å². The van der Waals surface area contributed by atoms with E-state index in [2.05, 4.69) is 0 Å². The van der Waals surface area contributed by atoms with E-state index < -0.39 is 25.0 Å². The van der Waals surface area contributed by atoms with Crippen LogP contribution in [0.5, 0.6) is 0 Å². The molecule has 0 bridgehead atoms. The van der Waals surface area contributed by atoms with Crippen molar-refractivity contribution in [3.05, 3.63) is 35.9 Å². The summed E-state index contributed by atoms with van der Waals surface area (Å²) >= 11 is 0. The molecular formula is C14H22NO4P. The van der Waals surface area contributed by atoms with Crippen LogP contribution in [-0.2, 0) is 15.8 Å². The lowest BCUT2D eigenvalue weighted by atomic mass is 10.0. The lowest BCUT2D eigenvalue weighted by molar-refractivity contribution is -0.141. The fourth-order valence-electron chi connectivity index (χ4n) is 1.97. The molecule has 20 heavy (non-hydrogen) atoms. The summed E-state index contributed by atoms with van der Waals surface area (Å²) in [5, 5.41) is 9.14. The highest BCUT2D eigenvalue weighted by molar-refractivity contribution is 7.58. The highest BCUT2D eigenvalue weighted by Gasteiger charge is 2.31. The van der Waals surface area contributed by atoms with Gasteiger partial charge in [0.15, 0.2) is 0 Å². The number of carboxylic acid groups (broad SMARTS) is 1. The Labute approximate surface area is 119 Å². The molecule has 3 atom stereocenters. The molecule has 5 nitrogen and oxygen atoms in total. The van der Waals surface area contributed by atoms with E-state index in [0.717, 1.165) is 12.0 Å². The minimum absolute atomic E-state index is 0.255. The predicted molar refractivity (Wildman–Crippen MR) is 78.8 cm³/mol. The van der Waals surface area contributed by atoms with Gasteiger partial charge in [0.25, 0.3) is 0 Å². The van der Waals surface area contributed by atoms with Crippen molar-refractivity contribution in [2.24, 2.45) is 11.7 Å². The molecule has 0 aliphatic rings. The first-order valence-electron chi connectivity index (χ1n) is 6.66. The van der Waals surface area contributed by atoms with Crippen molar-refractivity contribution in [2.75, 3.05) is 6.16 Å². The zero-order chi connectivity index (χ0) is 15.2. The second-order valence-corrected chi connectivity index (χ2v) is 7.78. The van der Waals surface area contributed by atoms with Crippen LogP contribution in [0, 0.1) is 5.92 Å². The number of nitrogens with two attached hydrogens (primary N) is 1. The zero-order valence-corrected chi connectivity index (χ0v) is 12.5. The Kier molecular flexibility index (Phi) is 6.40. The van der Waals surface area contributed by atoms with E-state index in [9.17, 15) is 14.3 Å². The first kappa shape index (κ1) is 16.9. The van der Waals surface area contributed by atoms with E-state index in [1.807, 2.05) is 30.3 Å². The second kappa shape index (κ2) is 7.58. The van der Waals surface area contributed by atoms with Crippen LogP contribution < -0.4 is 5.73 Å². The van der Waals surface area contributed by atoms with Gasteiger partial charge in [0.1, 0.15) is 0 Å². The van der Waals surface area contributed by atoms with Crippen LogP contribution in [0.25, 0.3) is 0 Å². The van der Waals surface area contributed by atoms with Crippen LogP contribution in [-0.4, -0.2) is 27.9 Å². The molecule has 4 N–H and O–H groups in total. The van der Waals surface area contributed by atoms with Crippen LogP contribution in [0.15, 0.2) is 30.3 Å². The fourth-order valence-corrected chi connectivity index (χ4v) is 3.27. The SMILES string of the molecule is C[C@H](N)P(=O)(O)C[C@H](CCCc1ccccc1)C(=O)O. The van der Waals surface area contributed by atoms with Crippen LogP contribution in [0.3, 0.4) is 0 Å². The van der Waals surface area contributed by atoms with Gasteiger partial charge in [-0.1, -0.05) is 30.3 Å². The van der Waals surface area contributed by atoms with Crippen molar-refractivity contribution in [1.29, 1.82) is 0 Å². The molecule has 0 aromatic heterocycles. The summed E-state index contributed by atoms with van der Waals surface area (Å²) in [6.07, 6.45) is 1.55. The Morgan fingerprint density at radius 1 is 1.35 bits per heavy atom. The Morgan fingerprint density at radius 3 is 2.45 bits per heavy atom. The lowest BCUT2D eigenvalue weighted by Gasteiger charge is -2.19. The van der Waals surface area contributed by atoms with Crippen LogP contribution >= 0.6 is 7.37 Å². The highest BCUT2D eigenvalue weighted by atomic mass is 31.2. The standard InChI is InChI=1S/C14H22NO4P/c1-11(15)20(18,19)10-13(14(16)17)9-5-8-12-6-3-2-4-7-12/h2-4,6-7,11,13H,5,8-10,15H2,1H3,(H,16,17)(H,18,19)/t11-,13+/m1/s1. The fraction of sp³-hybridized carbons (Fsp3) is 0.500. The average Bonchev–Trinajstić information content (AvgIpc) is 2.38. The number of aryl methyl sites for hydroxylation is 1. The van der Waals surface area contributed by atoms with Gasteiger partial charge in [-0.25, -0.2) is 0 Å². The third-order valence-electron chi connectivity index (χ3n) is 3.33. The van der Waals surface area contributed by atoms with Gasteiger partial charge < -0.3 is 15.7 Å². The number of rotatable bonds is 8. The maximum Gasteiger partial charge on any atom is 0.307 e. The molecule has 0 aliphatic heterocycles. The topological polar surface area (TPSA) is 101 Å². The van der Waals surface area contributed by atoms with Crippen LogP contribution in [0.1, 0.15) is 25.3 Å². The molecule has 0 spiro atoms. The van der Waals surface area contributed by atoms with Gasteiger partial charge in [-0.15, -0.1) is 0 Å². The summed E-state index contributed by atoms with van der Waals surface area (Å²) in [4.78, 5) is 20.9. The third kappa shape index (κ3) is 5.45.